The zero-order valence-electron chi connectivity index (χ0n) is 16.0. The summed E-state index contributed by atoms with van der Waals surface area (Å²) in [5.74, 6) is -1.39. The van der Waals surface area contributed by atoms with Gasteiger partial charge in [-0.05, 0) is 48.9 Å². The number of carbonyl (C=O) groups is 2. The van der Waals surface area contributed by atoms with Crippen LogP contribution in [0.4, 0.5) is 30.5 Å². The fourth-order valence-electron chi connectivity index (χ4n) is 2.56. The van der Waals surface area contributed by atoms with Crippen molar-refractivity contribution >= 4 is 29.1 Å². The number of nitrogen functional groups attached to an aromatic ring is 1. The van der Waals surface area contributed by atoms with Crippen molar-refractivity contribution in [1.29, 1.82) is 0 Å². The van der Waals surface area contributed by atoms with Crippen molar-refractivity contribution in [2.24, 2.45) is 0 Å². The van der Waals surface area contributed by atoms with Crippen molar-refractivity contribution in [2.45, 2.75) is 13.3 Å². The van der Waals surface area contributed by atoms with Gasteiger partial charge in [0, 0.05) is 16.8 Å². The number of rotatable bonds is 5. The van der Waals surface area contributed by atoms with E-state index in [1.165, 1.54) is 30.6 Å². The minimum atomic E-state index is -4.82. The average Bonchev–Trinajstić information content (AvgIpc) is 2.70. The number of nitrogens with zero attached hydrogens (tertiary/aromatic N) is 2. The Morgan fingerprint density at radius 2 is 1.55 bits per heavy atom. The van der Waals surface area contributed by atoms with E-state index in [4.69, 9.17) is 5.73 Å². The third-order valence-electron chi connectivity index (χ3n) is 4.02. The lowest BCUT2D eigenvalue weighted by atomic mass is 10.1. The number of nitrogens with one attached hydrogen (secondary N) is 2. The molecule has 1 heterocycles. The van der Waals surface area contributed by atoms with Crippen LogP contribution in [0.15, 0.2) is 54.9 Å². The molecule has 11 heteroatoms. The molecule has 2 aromatic carbocycles. The largest absolute Gasteiger partial charge is 0.573 e. The Morgan fingerprint density at radius 3 is 2.16 bits per heavy atom. The SMILES string of the molecule is Cc1ccc(NC(=O)c2ccc(OC(F)(F)F)cc2)cc1C(=O)Nc1cnc(N)nc1. The second kappa shape index (κ2) is 8.69. The lowest BCUT2D eigenvalue weighted by Crippen LogP contribution is -2.17. The van der Waals surface area contributed by atoms with Crippen molar-refractivity contribution in [3.05, 3.63) is 71.5 Å². The van der Waals surface area contributed by atoms with Crippen LogP contribution in [0.2, 0.25) is 0 Å². The van der Waals surface area contributed by atoms with Gasteiger partial charge in [-0.15, -0.1) is 13.2 Å². The van der Waals surface area contributed by atoms with Gasteiger partial charge in [0.25, 0.3) is 11.8 Å². The highest BCUT2D eigenvalue weighted by atomic mass is 19.4. The topological polar surface area (TPSA) is 119 Å². The Balaban J connectivity index is 1.71. The molecule has 0 aliphatic heterocycles. The van der Waals surface area contributed by atoms with Gasteiger partial charge < -0.3 is 21.1 Å². The molecule has 1 aromatic heterocycles. The van der Waals surface area contributed by atoms with Crippen molar-refractivity contribution in [1.82, 2.24) is 9.97 Å². The number of anilines is 3. The summed E-state index contributed by atoms with van der Waals surface area (Å²) in [7, 11) is 0. The molecule has 0 aliphatic carbocycles. The van der Waals surface area contributed by atoms with Gasteiger partial charge in [0.15, 0.2) is 0 Å². The van der Waals surface area contributed by atoms with Gasteiger partial charge in [0.1, 0.15) is 5.75 Å². The summed E-state index contributed by atoms with van der Waals surface area (Å²) in [5, 5.41) is 5.22. The average molecular weight is 431 g/mol. The maximum absolute atomic E-state index is 12.6. The molecule has 0 bridgehead atoms. The molecule has 2 amide bonds. The number of halogens is 3. The molecule has 0 saturated carbocycles. The van der Waals surface area contributed by atoms with Gasteiger partial charge in [0.2, 0.25) is 5.95 Å². The number of nitrogens with two attached hydrogens (primary N) is 1. The Labute approximate surface area is 174 Å². The number of ether oxygens (including phenoxy) is 1. The number of carbonyl (C=O) groups excluding carboxylic acids is 2. The second-order valence-electron chi connectivity index (χ2n) is 6.34. The second-order valence-corrected chi connectivity index (χ2v) is 6.34. The third kappa shape index (κ3) is 5.92. The molecule has 31 heavy (non-hydrogen) atoms. The highest BCUT2D eigenvalue weighted by Crippen LogP contribution is 2.23. The van der Waals surface area contributed by atoms with E-state index in [0.29, 0.717) is 22.5 Å². The number of benzene rings is 2. The zero-order chi connectivity index (χ0) is 22.6. The van der Waals surface area contributed by atoms with Crippen LogP contribution in [-0.2, 0) is 0 Å². The van der Waals surface area contributed by atoms with E-state index in [0.717, 1.165) is 12.1 Å². The first-order chi connectivity index (χ1) is 14.6. The molecule has 3 aromatic rings. The van der Waals surface area contributed by atoms with Crippen LogP contribution in [0.1, 0.15) is 26.3 Å². The lowest BCUT2D eigenvalue weighted by molar-refractivity contribution is -0.274. The smallest absolute Gasteiger partial charge is 0.406 e. The molecule has 0 atom stereocenters. The zero-order valence-corrected chi connectivity index (χ0v) is 16.0. The third-order valence-corrected chi connectivity index (χ3v) is 4.02. The highest BCUT2D eigenvalue weighted by Gasteiger charge is 2.31. The van der Waals surface area contributed by atoms with Crippen LogP contribution in [0.3, 0.4) is 0 Å². The summed E-state index contributed by atoms with van der Waals surface area (Å²) >= 11 is 0. The number of aromatic nitrogens is 2. The molecule has 3 rings (SSSR count). The predicted molar refractivity (Wildman–Crippen MR) is 107 cm³/mol. The first-order valence-corrected chi connectivity index (χ1v) is 8.77. The molecule has 4 N–H and O–H groups in total. The molecule has 160 valence electrons. The van der Waals surface area contributed by atoms with Crippen molar-refractivity contribution < 1.29 is 27.5 Å². The number of amides is 2. The molecular weight excluding hydrogens is 415 g/mol. The highest BCUT2D eigenvalue weighted by molar-refractivity contribution is 6.08. The molecule has 0 aliphatic rings. The van der Waals surface area contributed by atoms with E-state index < -0.39 is 23.9 Å². The fourth-order valence-corrected chi connectivity index (χ4v) is 2.56. The van der Waals surface area contributed by atoms with Crippen molar-refractivity contribution in [3.8, 4) is 5.75 Å². The van der Waals surface area contributed by atoms with Crippen LogP contribution in [0.5, 0.6) is 5.75 Å². The maximum Gasteiger partial charge on any atom is 0.573 e. The van der Waals surface area contributed by atoms with Crippen LogP contribution in [-0.4, -0.2) is 28.1 Å². The summed E-state index contributed by atoms with van der Waals surface area (Å²) in [6, 6.07) is 9.17. The lowest BCUT2D eigenvalue weighted by Gasteiger charge is -2.11. The molecule has 0 radical (unpaired) electrons. The quantitative estimate of drug-likeness (QED) is 0.566. The Kier molecular flexibility index (Phi) is 6.05. The van der Waals surface area contributed by atoms with Crippen LogP contribution in [0.25, 0.3) is 0 Å². The van der Waals surface area contributed by atoms with Crippen LogP contribution < -0.4 is 21.1 Å². The summed E-state index contributed by atoms with van der Waals surface area (Å²) in [6.45, 7) is 1.72. The van der Waals surface area contributed by atoms with Crippen LogP contribution >= 0.6 is 0 Å². The number of hydrogen-bond acceptors (Lipinski definition) is 6. The molecule has 8 nitrogen and oxygen atoms in total. The monoisotopic (exact) mass is 431 g/mol. The van der Waals surface area contributed by atoms with E-state index >= 15 is 0 Å². The molecule has 0 saturated heterocycles. The Morgan fingerprint density at radius 1 is 0.935 bits per heavy atom. The fraction of sp³-hybridized carbons (Fsp3) is 0.100. The molecule has 0 fully saturated rings. The first kappa shape index (κ1) is 21.6. The molecule has 0 unspecified atom stereocenters. The Bertz CT molecular complexity index is 1100. The van der Waals surface area contributed by atoms with Crippen LogP contribution in [0, 0.1) is 6.92 Å². The summed E-state index contributed by atoms with van der Waals surface area (Å²) < 4.78 is 40.5. The minimum Gasteiger partial charge on any atom is -0.406 e. The number of alkyl halides is 3. The normalized spacial score (nSPS) is 11.0. The van der Waals surface area contributed by atoms with E-state index in [-0.39, 0.29) is 11.5 Å². The minimum absolute atomic E-state index is 0.0666. The predicted octanol–water partition coefficient (Wildman–Crippen LogP) is 3.77. The van der Waals surface area contributed by atoms with Gasteiger partial charge >= 0.3 is 6.36 Å². The van der Waals surface area contributed by atoms with Gasteiger partial charge in [-0.25, -0.2) is 9.97 Å². The number of aryl methyl sites for hydroxylation is 1. The Hall–Kier alpha value is -4.15. The summed E-state index contributed by atoms with van der Waals surface area (Å²) in [6.07, 6.45) is -2.11. The van der Waals surface area contributed by atoms with Crippen molar-refractivity contribution in [2.75, 3.05) is 16.4 Å². The molecular formula is C20H16F3N5O3. The van der Waals surface area contributed by atoms with E-state index in [2.05, 4.69) is 25.3 Å². The summed E-state index contributed by atoms with van der Waals surface area (Å²) in [5.41, 5.74) is 7.14. The van der Waals surface area contributed by atoms with E-state index in [1.54, 1.807) is 19.1 Å². The van der Waals surface area contributed by atoms with Gasteiger partial charge in [0.05, 0.1) is 18.1 Å². The van der Waals surface area contributed by atoms with E-state index in [1.807, 2.05) is 0 Å². The first-order valence-electron chi connectivity index (χ1n) is 8.77. The van der Waals surface area contributed by atoms with Gasteiger partial charge in [-0.3, -0.25) is 9.59 Å². The van der Waals surface area contributed by atoms with E-state index in [9.17, 15) is 22.8 Å². The maximum atomic E-state index is 12.6. The standard InChI is InChI=1S/C20H16F3N5O3/c1-11-2-5-13(8-16(11)18(30)28-14-9-25-19(24)26-10-14)27-17(29)12-3-6-15(7-4-12)31-20(21,22)23/h2-10H,1H3,(H,27,29)(H,28,30)(H2,24,25,26). The van der Waals surface area contributed by atoms with Gasteiger partial charge in [-0.1, -0.05) is 6.07 Å². The van der Waals surface area contributed by atoms with Gasteiger partial charge in [-0.2, -0.15) is 0 Å². The number of hydrogen-bond donors (Lipinski definition) is 3. The van der Waals surface area contributed by atoms with Crippen molar-refractivity contribution in [3.63, 3.8) is 0 Å². The molecule has 0 spiro atoms. The summed E-state index contributed by atoms with van der Waals surface area (Å²) in [4.78, 5) is 32.5.